The van der Waals surface area contributed by atoms with E-state index in [1.165, 1.54) is 18.2 Å². The number of nitrogens with one attached hydrogen (secondary N) is 1. The third-order valence-electron chi connectivity index (χ3n) is 2.80. The van der Waals surface area contributed by atoms with Gasteiger partial charge in [0.05, 0.1) is 5.02 Å². The molecule has 0 bridgehead atoms. The highest BCUT2D eigenvalue weighted by Gasteiger charge is 2.24. The Bertz CT molecular complexity index is 532. The number of aliphatic hydroxyl groups is 1. The third-order valence-corrected chi connectivity index (χ3v) is 4.77. The third kappa shape index (κ3) is 4.35. The zero-order chi connectivity index (χ0) is 14.6. The molecule has 0 aliphatic carbocycles. The van der Waals surface area contributed by atoms with E-state index < -0.39 is 10.0 Å². The van der Waals surface area contributed by atoms with Crippen molar-refractivity contribution >= 4 is 27.3 Å². The van der Waals surface area contributed by atoms with Gasteiger partial charge in [0.1, 0.15) is 4.90 Å². The van der Waals surface area contributed by atoms with Gasteiger partial charge in [-0.3, -0.25) is 0 Å². The van der Waals surface area contributed by atoms with Gasteiger partial charge in [-0.25, -0.2) is 13.1 Å². The van der Waals surface area contributed by atoms with Gasteiger partial charge in [-0.05, 0) is 30.5 Å². The van der Waals surface area contributed by atoms with Gasteiger partial charge >= 0.3 is 0 Å². The van der Waals surface area contributed by atoms with Gasteiger partial charge in [0.25, 0.3) is 0 Å². The van der Waals surface area contributed by atoms with E-state index >= 15 is 0 Å². The second kappa shape index (κ2) is 6.56. The first-order valence-corrected chi connectivity index (χ1v) is 7.82. The Hall–Kier alpha value is -0.820. The topological polar surface area (TPSA) is 92.4 Å². The van der Waals surface area contributed by atoms with Crippen LogP contribution in [0.1, 0.15) is 20.3 Å². The molecule has 4 N–H and O–H groups in total. The van der Waals surface area contributed by atoms with Gasteiger partial charge in [0.15, 0.2) is 0 Å². The largest absolute Gasteiger partial charge is 0.399 e. The standard InChI is InChI=1S/C12H19ClN2O3S/c1-8(2)11(5-6-16)15-19(17,18)12-4-3-9(14)7-10(12)13/h3-4,7-8,11,15-16H,5-6,14H2,1-2H3. The fraction of sp³-hybridized carbons (Fsp3) is 0.500. The van der Waals surface area contributed by atoms with Crippen LogP contribution < -0.4 is 10.5 Å². The summed E-state index contributed by atoms with van der Waals surface area (Å²) in [4.78, 5) is -0.00745. The molecule has 1 aromatic rings. The van der Waals surface area contributed by atoms with E-state index in [-0.39, 0.29) is 28.5 Å². The minimum Gasteiger partial charge on any atom is -0.399 e. The SMILES string of the molecule is CC(C)C(CCO)NS(=O)(=O)c1ccc(N)cc1Cl. The highest BCUT2D eigenvalue weighted by atomic mass is 35.5. The molecule has 0 aliphatic rings. The van der Waals surface area contributed by atoms with Crippen molar-refractivity contribution in [2.75, 3.05) is 12.3 Å². The molecule has 1 rings (SSSR count). The fourth-order valence-corrected chi connectivity index (χ4v) is 3.64. The smallest absolute Gasteiger partial charge is 0.242 e. The van der Waals surface area contributed by atoms with Crippen LogP contribution in [-0.4, -0.2) is 26.2 Å². The van der Waals surface area contributed by atoms with Gasteiger partial charge in [-0.15, -0.1) is 0 Å². The van der Waals surface area contributed by atoms with Gasteiger partial charge in [-0.2, -0.15) is 0 Å². The quantitative estimate of drug-likeness (QED) is 0.696. The number of anilines is 1. The molecule has 19 heavy (non-hydrogen) atoms. The van der Waals surface area contributed by atoms with Gasteiger partial charge < -0.3 is 10.8 Å². The van der Waals surface area contributed by atoms with E-state index in [1.54, 1.807) is 0 Å². The van der Waals surface area contributed by atoms with Crippen LogP contribution in [-0.2, 0) is 10.0 Å². The molecule has 108 valence electrons. The first-order chi connectivity index (χ1) is 8.77. The predicted molar refractivity (Wildman–Crippen MR) is 76.5 cm³/mol. The molecular formula is C12H19ClN2O3S. The normalized spacial score (nSPS) is 13.7. The molecule has 5 nitrogen and oxygen atoms in total. The van der Waals surface area contributed by atoms with E-state index in [4.69, 9.17) is 22.4 Å². The first kappa shape index (κ1) is 16.2. The van der Waals surface area contributed by atoms with E-state index in [2.05, 4.69) is 4.72 Å². The Morgan fingerprint density at radius 1 is 1.42 bits per heavy atom. The zero-order valence-electron chi connectivity index (χ0n) is 10.9. The van der Waals surface area contributed by atoms with E-state index in [0.717, 1.165) is 0 Å². The van der Waals surface area contributed by atoms with Crippen molar-refractivity contribution in [1.29, 1.82) is 0 Å². The van der Waals surface area contributed by atoms with Crippen LogP contribution in [0.4, 0.5) is 5.69 Å². The van der Waals surface area contributed by atoms with Gasteiger partial charge in [0, 0.05) is 18.3 Å². The molecule has 0 radical (unpaired) electrons. The maximum absolute atomic E-state index is 12.2. The van der Waals surface area contributed by atoms with E-state index in [9.17, 15) is 8.42 Å². The Kier molecular flexibility index (Phi) is 5.61. The first-order valence-electron chi connectivity index (χ1n) is 5.96. The number of benzene rings is 1. The van der Waals surface area contributed by atoms with Crippen LogP contribution in [0.2, 0.25) is 5.02 Å². The second-order valence-electron chi connectivity index (χ2n) is 4.67. The number of halogens is 1. The summed E-state index contributed by atoms with van der Waals surface area (Å²) in [5, 5.41) is 9.05. The number of hydrogen-bond acceptors (Lipinski definition) is 4. The highest BCUT2D eigenvalue weighted by Crippen LogP contribution is 2.24. The van der Waals surface area contributed by atoms with Crippen molar-refractivity contribution in [3.05, 3.63) is 23.2 Å². The van der Waals surface area contributed by atoms with Crippen molar-refractivity contribution in [1.82, 2.24) is 4.72 Å². The van der Waals surface area contributed by atoms with E-state index in [0.29, 0.717) is 12.1 Å². The number of nitrogens with two attached hydrogens (primary N) is 1. The Morgan fingerprint density at radius 2 is 2.05 bits per heavy atom. The molecule has 0 aliphatic heterocycles. The van der Waals surface area contributed by atoms with Crippen molar-refractivity contribution in [3.63, 3.8) is 0 Å². The van der Waals surface area contributed by atoms with Gasteiger partial charge in [-0.1, -0.05) is 25.4 Å². The summed E-state index contributed by atoms with van der Waals surface area (Å²) >= 11 is 5.91. The summed E-state index contributed by atoms with van der Waals surface area (Å²) in [5.74, 6) is 0.0643. The zero-order valence-corrected chi connectivity index (χ0v) is 12.5. The van der Waals surface area contributed by atoms with Crippen molar-refractivity contribution < 1.29 is 13.5 Å². The molecule has 0 fully saturated rings. The van der Waals surface area contributed by atoms with Crippen molar-refractivity contribution in [2.45, 2.75) is 31.2 Å². The molecule has 1 unspecified atom stereocenters. The van der Waals surface area contributed by atoms with Crippen molar-refractivity contribution in [3.8, 4) is 0 Å². The lowest BCUT2D eigenvalue weighted by atomic mass is 10.0. The predicted octanol–water partition coefficient (Wildman–Crippen LogP) is 1.61. The molecule has 1 atom stereocenters. The lowest BCUT2D eigenvalue weighted by Crippen LogP contribution is -2.39. The lowest BCUT2D eigenvalue weighted by molar-refractivity contribution is 0.256. The fourth-order valence-electron chi connectivity index (χ4n) is 1.67. The molecule has 0 saturated carbocycles. The number of rotatable bonds is 6. The minimum absolute atomic E-state index is 0.00745. The van der Waals surface area contributed by atoms with Crippen LogP contribution in [0, 0.1) is 5.92 Å². The molecule has 0 spiro atoms. The van der Waals surface area contributed by atoms with Crippen LogP contribution >= 0.6 is 11.6 Å². The average molecular weight is 307 g/mol. The number of aliphatic hydroxyl groups excluding tert-OH is 1. The van der Waals surface area contributed by atoms with Crippen LogP contribution in [0.3, 0.4) is 0 Å². The molecule has 1 aromatic carbocycles. The lowest BCUT2D eigenvalue weighted by Gasteiger charge is -2.21. The maximum atomic E-state index is 12.2. The van der Waals surface area contributed by atoms with E-state index in [1.807, 2.05) is 13.8 Å². The Balaban J connectivity index is 3.03. The maximum Gasteiger partial charge on any atom is 0.242 e. The van der Waals surface area contributed by atoms with Crippen LogP contribution in [0.25, 0.3) is 0 Å². The highest BCUT2D eigenvalue weighted by molar-refractivity contribution is 7.89. The summed E-state index contributed by atoms with van der Waals surface area (Å²) in [6.07, 6.45) is 0.351. The minimum atomic E-state index is -3.72. The molecule has 0 amide bonds. The number of sulfonamides is 1. The van der Waals surface area contributed by atoms with Crippen molar-refractivity contribution in [2.24, 2.45) is 5.92 Å². The Labute approximate surface area is 118 Å². The summed E-state index contributed by atoms with van der Waals surface area (Å²) < 4.78 is 27.0. The summed E-state index contributed by atoms with van der Waals surface area (Å²) in [6.45, 7) is 3.68. The van der Waals surface area contributed by atoms with Crippen LogP contribution in [0.15, 0.2) is 23.1 Å². The molecule has 0 aromatic heterocycles. The summed E-state index contributed by atoms with van der Waals surface area (Å²) in [5.41, 5.74) is 5.94. The van der Waals surface area contributed by atoms with Crippen LogP contribution in [0.5, 0.6) is 0 Å². The Morgan fingerprint density at radius 3 is 2.53 bits per heavy atom. The summed E-state index contributed by atoms with van der Waals surface area (Å²) in [7, 11) is -3.72. The molecule has 0 saturated heterocycles. The molecular weight excluding hydrogens is 288 g/mol. The summed E-state index contributed by atoms with van der Waals surface area (Å²) in [6, 6.07) is 3.91. The second-order valence-corrected chi connectivity index (χ2v) is 6.76. The monoisotopic (exact) mass is 306 g/mol. The number of nitrogen functional groups attached to an aromatic ring is 1. The molecule has 7 heteroatoms. The average Bonchev–Trinajstić information content (AvgIpc) is 2.27. The number of hydrogen-bond donors (Lipinski definition) is 3. The van der Waals surface area contributed by atoms with Gasteiger partial charge in [0.2, 0.25) is 10.0 Å². The molecule has 0 heterocycles.